The molecule has 6 unspecified atom stereocenters. The van der Waals surface area contributed by atoms with Gasteiger partial charge in [-0.15, -0.1) is 0 Å². The smallest absolute Gasteiger partial charge is 0.360 e. The molecule has 2 amide bonds. The number of nitrogens with zero attached hydrogens (tertiary/aromatic N) is 12. The highest BCUT2D eigenvalue weighted by Crippen LogP contribution is 2.52. The zero-order chi connectivity index (χ0) is 82.0. The van der Waals surface area contributed by atoms with Gasteiger partial charge in [0.05, 0.1) is 39.5 Å². The third-order valence-corrected chi connectivity index (χ3v) is 28.9. The number of carboxylic acid groups (broad SMARTS) is 3. The van der Waals surface area contributed by atoms with Gasteiger partial charge in [0, 0.05) is 78.9 Å². The Labute approximate surface area is 687 Å². The van der Waals surface area contributed by atoms with Crippen molar-refractivity contribution in [2.45, 2.75) is 317 Å². The number of amides is 2. The van der Waals surface area contributed by atoms with Crippen LogP contribution in [0.2, 0.25) is 0 Å². The number of carbonyl (C=O) groups is 5. The lowest BCUT2D eigenvalue weighted by atomic mass is 9.68. The van der Waals surface area contributed by atoms with Crippen LogP contribution >= 0.6 is 0 Å². The van der Waals surface area contributed by atoms with Crippen molar-refractivity contribution >= 4 is 80.0 Å². The highest BCUT2D eigenvalue weighted by molar-refractivity contribution is 6.42. The van der Waals surface area contributed by atoms with Gasteiger partial charge in [-0.05, 0) is 221 Å². The molecule has 6 saturated carbocycles. The maximum atomic E-state index is 14.2. The average molecular weight is 1620 g/mol. The number of hydrogen-bond donors (Lipinski definition) is 5. The second kappa shape index (κ2) is 36.3. The second-order valence-corrected chi connectivity index (χ2v) is 36.9. The normalized spacial score (nSPS) is 31.1. The molecule has 12 fully saturated rings. The number of carbonyl (C=O) groups excluding carboxylic acids is 2. The Kier molecular flexibility index (Phi) is 25.4. The van der Waals surface area contributed by atoms with Gasteiger partial charge in [-0.25, -0.2) is 24.5 Å². The summed E-state index contributed by atoms with van der Waals surface area (Å²) in [5.74, 6) is -0.0686. The number of primary amides is 2. The van der Waals surface area contributed by atoms with Crippen molar-refractivity contribution in [1.29, 1.82) is 0 Å². The van der Waals surface area contributed by atoms with Crippen molar-refractivity contribution in [1.82, 2.24) is 43.4 Å². The highest BCUT2D eigenvalue weighted by atomic mass is 16.6. The molecular formula is C90H118N14O14. The first-order valence-electron chi connectivity index (χ1n) is 44.4. The van der Waals surface area contributed by atoms with Crippen molar-refractivity contribution in [2.75, 3.05) is 13.2 Å². The summed E-state index contributed by atoms with van der Waals surface area (Å²) in [6.07, 6.45) is 40.2. The Morgan fingerprint density at radius 1 is 0.381 bits per heavy atom. The Bertz CT molecular complexity index is 4920. The molecule has 6 aliphatic heterocycles. The van der Waals surface area contributed by atoms with Crippen molar-refractivity contribution in [3.63, 3.8) is 0 Å². The first-order valence-corrected chi connectivity index (χ1v) is 44.4. The summed E-state index contributed by atoms with van der Waals surface area (Å²) in [4.78, 5) is 137. The van der Waals surface area contributed by atoms with Crippen LogP contribution in [0.25, 0.3) is 33.1 Å². The summed E-state index contributed by atoms with van der Waals surface area (Å²) in [7, 11) is 0. The first kappa shape index (κ1) is 82.4. The SMILES string of the molecule is CC(C)O/N=C(\C(=O)O)c1nc2ccccc2n(C2C[C@H]3CC[C@@H](C2)N3C2C[C@H]3CCCC[C@@H](C2)C3)c1=O.NC(=O)CO/N=C(\C(=O)O)c1nc2ccccc2n(C2C[C@H]3CCC[C@@H](C2)N3C2C[C@H]3CCC[C@@H](C2)C3)c1=O.NC(=O)CO/N=C(\CCC(=O)O)c1nc2ccccc2n(C2C[C@H]3CCC[C@@H](C2)N3C2C[C@H]3CCC[C@@H](C2)C3)c1=O. The van der Waals surface area contributed by atoms with Gasteiger partial charge in [0.15, 0.2) is 30.3 Å². The Balaban J connectivity index is 0.000000132. The molecule has 6 aliphatic carbocycles. The van der Waals surface area contributed by atoms with E-state index in [4.69, 9.17) is 26.0 Å². The number of benzene rings is 3. The third-order valence-electron chi connectivity index (χ3n) is 28.9. The Hall–Kier alpha value is -9.28. The predicted octanol–water partition coefficient (Wildman–Crippen LogP) is 12.3. The van der Waals surface area contributed by atoms with E-state index in [-0.39, 0.29) is 65.4 Å². The molecule has 12 bridgehead atoms. The van der Waals surface area contributed by atoms with E-state index in [0.717, 1.165) is 111 Å². The minimum atomic E-state index is -1.46. The lowest BCUT2D eigenvalue weighted by Gasteiger charge is -2.55. The summed E-state index contributed by atoms with van der Waals surface area (Å²) in [5.41, 5.74) is 11.8. The maximum absolute atomic E-state index is 14.2. The fourth-order valence-corrected chi connectivity index (χ4v) is 24.7. The summed E-state index contributed by atoms with van der Waals surface area (Å²) in [6, 6.07) is 27.1. The molecule has 0 spiro atoms. The molecule has 18 rings (SSSR count). The van der Waals surface area contributed by atoms with Gasteiger partial charge < -0.3 is 55.0 Å². The van der Waals surface area contributed by atoms with Crippen LogP contribution in [-0.4, -0.2) is 179 Å². The Morgan fingerprint density at radius 2 is 0.695 bits per heavy atom. The fraction of sp³-hybridized carbons (Fsp3) is 0.644. The lowest BCUT2D eigenvalue weighted by molar-refractivity contribution is -0.137. The van der Waals surface area contributed by atoms with E-state index in [9.17, 15) is 53.7 Å². The Morgan fingerprint density at radius 3 is 1.04 bits per heavy atom. The van der Waals surface area contributed by atoms with Crippen LogP contribution < -0.4 is 28.1 Å². The van der Waals surface area contributed by atoms with Crippen LogP contribution in [0.15, 0.2) is 103 Å². The van der Waals surface area contributed by atoms with Gasteiger partial charge in [-0.1, -0.05) is 129 Å². The molecule has 0 radical (unpaired) electrons. The number of aliphatic carboxylic acids is 3. The van der Waals surface area contributed by atoms with Gasteiger partial charge in [-0.3, -0.25) is 43.5 Å². The summed E-state index contributed by atoms with van der Waals surface area (Å²) >= 11 is 0. The number of hydrogen-bond acceptors (Lipinski definition) is 20. The van der Waals surface area contributed by atoms with Gasteiger partial charge in [-0.2, -0.15) is 0 Å². The number of para-hydroxylation sites is 6. The molecule has 7 N–H and O–H groups in total. The molecule has 632 valence electrons. The van der Waals surface area contributed by atoms with E-state index in [2.05, 4.69) is 45.1 Å². The number of fused-ring (bicyclic) bond motifs is 15. The van der Waals surface area contributed by atoms with Gasteiger partial charge in [0.1, 0.15) is 11.8 Å². The van der Waals surface area contributed by atoms with Crippen LogP contribution in [0.3, 0.4) is 0 Å². The zero-order valence-corrected chi connectivity index (χ0v) is 68.4. The summed E-state index contributed by atoms with van der Waals surface area (Å²) < 4.78 is 5.47. The van der Waals surface area contributed by atoms with Gasteiger partial charge >= 0.3 is 17.9 Å². The molecule has 3 aromatic carbocycles. The van der Waals surface area contributed by atoms with E-state index in [1.54, 1.807) is 24.5 Å². The van der Waals surface area contributed by atoms with Gasteiger partial charge in [0.2, 0.25) is 11.4 Å². The van der Waals surface area contributed by atoms with Crippen LogP contribution in [0.4, 0.5) is 0 Å². The van der Waals surface area contributed by atoms with Crippen molar-refractivity contribution < 1.29 is 53.8 Å². The molecule has 118 heavy (non-hydrogen) atoms. The summed E-state index contributed by atoms with van der Waals surface area (Å²) in [6.45, 7) is 2.46. The largest absolute Gasteiger partial charge is 0.481 e. The topological polar surface area (TPSA) is 377 Å². The minimum Gasteiger partial charge on any atom is -0.481 e. The fourth-order valence-electron chi connectivity index (χ4n) is 24.7. The first-order chi connectivity index (χ1) is 57.1. The van der Waals surface area contributed by atoms with E-state index in [1.165, 1.54) is 148 Å². The van der Waals surface area contributed by atoms with Crippen LogP contribution in [0, 0.1) is 35.5 Å². The van der Waals surface area contributed by atoms with E-state index >= 15 is 0 Å². The third kappa shape index (κ3) is 18.0. The zero-order valence-electron chi connectivity index (χ0n) is 68.4. The molecule has 3 aromatic heterocycles. The van der Waals surface area contributed by atoms with Crippen molar-refractivity contribution in [3.05, 3.63) is 121 Å². The van der Waals surface area contributed by atoms with E-state index in [1.807, 2.05) is 75.9 Å². The van der Waals surface area contributed by atoms with Crippen molar-refractivity contribution in [2.24, 2.45) is 62.4 Å². The number of rotatable bonds is 22. The second-order valence-electron chi connectivity index (χ2n) is 36.9. The molecule has 9 heterocycles. The highest BCUT2D eigenvalue weighted by Gasteiger charge is 2.51. The lowest BCUT2D eigenvalue weighted by Crippen LogP contribution is -2.58. The van der Waals surface area contributed by atoms with Crippen molar-refractivity contribution in [3.8, 4) is 0 Å². The summed E-state index contributed by atoms with van der Waals surface area (Å²) in [5, 5.41) is 40.5. The number of piperidine rings is 5. The van der Waals surface area contributed by atoms with E-state index in [0.29, 0.717) is 76.4 Å². The monoisotopic (exact) mass is 1620 g/mol. The minimum absolute atomic E-state index is 0.00910. The van der Waals surface area contributed by atoms with E-state index < -0.39 is 65.5 Å². The standard InChI is InChI=1S/C31H41N5O5.C30H40N4O4.C29H37N5O5/c32-28(37)18-41-34-26(11-12-29(38)39)30-31(40)36(27-10-2-1-9-25(27)33-30)24-16-21-7-4-8-22(17-24)35(21)23-14-19-5-3-6-20(13-19)15-23;1-18(2)38-32-28(30(36)37)27-29(35)34(26-10-6-5-9-25(26)31-27)24-16-21-11-12-22(17-24)33(21)23-14-19-7-3-4-8-20(13-19)15-23;30-25(35)16-39-32-27(29(37)38)26-28(36)34(24-10-2-1-9-23(24)31-26)22-14-19-7-4-8-20(15-22)33(19)21-12-17-5-3-6-18(11-17)13-21/h1-2,9-10,19-24H,3-8,11-18H2,(H2,32,37)(H,38,39);5-6,9-10,18-24H,3-4,7-8,11-17H2,1-2H3,(H,36,37);1-2,9-10,17-22H,3-8,11-16H2,(H2,30,35)(H,37,38)/b34-26+;32-28-;32-27-/t2*19-,20+,21-,22+,23?,24?;17-,18+,19-,20+,21?,22?. The quantitative estimate of drug-likeness (QED) is 0.0311. The molecule has 18 atom stereocenters. The predicted molar refractivity (Wildman–Crippen MR) is 446 cm³/mol. The number of oxime groups is 3. The maximum Gasteiger partial charge on any atom is 0.360 e. The van der Waals surface area contributed by atoms with Crippen LogP contribution in [-0.2, 0) is 38.5 Å². The molecule has 6 saturated heterocycles. The molecular weight excluding hydrogens is 1500 g/mol. The van der Waals surface area contributed by atoms with Crippen LogP contribution in [0.1, 0.15) is 274 Å². The molecule has 28 nitrogen and oxygen atoms in total. The molecule has 28 heteroatoms. The average Bonchev–Trinajstić information content (AvgIpc) is 1.09. The molecule has 12 aliphatic rings. The molecule has 6 aromatic rings. The van der Waals surface area contributed by atoms with Gasteiger partial charge in [0.25, 0.3) is 28.5 Å². The number of nitrogens with two attached hydrogens (primary N) is 2. The number of aromatic nitrogens is 6. The number of carboxylic acids is 3. The van der Waals surface area contributed by atoms with Crippen LogP contribution in [0.5, 0.6) is 0 Å².